The normalized spacial score (nSPS) is 17.8. The molecule has 1 atom stereocenters. The molecular weight excluding hydrogens is 313 g/mol. The van der Waals surface area contributed by atoms with E-state index in [1.54, 1.807) is 19.2 Å². The van der Waals surface area contributed by atoms with Crippen LogP contribution in [0.5, 0.6) is 5.75 Å². The van der Waals surface area contributed by atoms with Crippen molar-refractivity contribution in [3.8, 4) is 5.75 Å². The van der Waals surface area contributed by atoms with Gasteiger partial charge in [0.2, 0.25) is 0 Å². The first-order chi connectivity index (χ1) is 11.2. The molecule has 23 heavy (non-hydrogen) atoms. The highest BCUT2D eigenvalue weighted by Crippen LogP contribution is 2.31. The smallest absolute Gasteiger partial charge is 0.254 e. The van der Waals surface area contributed by atoms with E-state index in [2.05, 4.69) is 0 Å². The number of halogens is 1. The second-order valence-corrected chi connectivity index (χ2v) is 6.52. The fraction of sp³-hybridized carbons (Fsp3) is 0.278. The number of carbonyl (C=O) groups excluding carboxylic acids is 1. The monoisotopic (exact) mass is 331 g/mol. The zero-order chi connectivity index (χ0) is 16.2. The third-order valence-corrected chi connectivity index (χ3v) is 5.00. The lowest BCUT2D eigenvalue weighted by Gasteiger charge is -2.36. The molecule has 1 fully saturated rings. The second kappa shape index (κ2) is 7.04. The standard InChI is InChI=1S/C18H18FNO2S/c1-22-16-8-4-13(5-9-16)17-12-23-11-10-20(17)18(21)14-2-6-15(19)7-3-14/h2-9,17H,10-12H2,1H3/t17-/m0/s1. The van der Waals surface area contributed by atoms with Crippen LogP contribution in [-0.2, 0) is 0 Å². The highest BCUT2D eigenvalue weighted by atomic mass is 32.2. The molecule has 2 aromatic carbocycles. The Balaban J connectivity index is 1.85. The molecule has 0 aromatic heterocycles. The Morgan fingerprint density at radius 2 is 1.87 bits per heavy atom. The molecule has 0 saturated carbocycles. The van der Waals surface area contributed by atoms with Crippen molar-refractivity contribution >= 4 is 17.7 Å². The molecule has 3 nitrogen and oxygen atoms in total. The highest BCUT2D eigenvalue weighted by Gasteiger charge is 2.29. The summed E-state index contributed by atoms with van der Waals surface area (Å²) in [5.41, 5.74) is 1.62. The fourth-order valence-electron chi connectivity index (χ4n) is 2.71. The quantitative estimate of drug-likeness (QED) is 0.857. The predicted octanol–water partition coefficient (Wildman–Crippen LogP) is 3.76. The third-order valence-electron chi connectivity index (χ3n) is 3.98. The summed E-state index contributed by atoms with van der Waals surface area (Å²) in [6.07, 6.45) is 0. The van der Waals surface area contributed by atoms with Gasteiger partial charge in [0.15, 0.2) is 0 Å². The molecule has 1 aliphatic rings. The Kier molecular flexibility index (Phi) is 4.86. The first-order valence-corrected chi connectivity index (χ1v) is 8.63. The van der Waals surface area contributed by atoms with E-state index in [9.17, 15) is 9.18 Å². The molecule has 0 unspecified atom stereocenters. The largest absolute Gasteiger partial charge is 0.497 e. The number of carbonyl (C=O) groups is 1. The summed E-state index contributed by atoms with van der Waals surface area (Å²) >= 11 is 1.84. The molecule has 0 spiro atoms. The van der Waals surface area contributed by atoms with Crippen molar-refractivity contribution in [3.63, 3.8) is 0 Å². The molecule has 1 heterocycles. The van der Waals surface area contributed by atoms with Gasteiger partial charge in [-0.2, -0.15) is 11.8 Å². The summed E-state index contributed by atoms with van der Waals surface area (Å²) in [7, 11) is 1.63. The number of nitrogens with zero attached hydrogens (tertiary/aromatic N) is 1. The minimum Gasteiger partial charge on any atom is -0.497 e. The Morgan fingerprint density at radius 1 is 1.17 bits per heavy atom. The lowest BCUT2D eigenvalue weighted by molar-refractivity contribution is 0.0701. The average molecular weight is 331 g/mol. The van der Waals surface area contributed by atoms with Gasteiger partial charge in [0, 0.05) is 23.6 Å². The van der Waals surface area contributed by atoms with Crippen molar-refractivity contribution in [1.82, 2.24) is 4.90 Å². The molecule has 120 valence electrons. The average Bonchev–Trinajstić information content (AvgIpc) is 2.62. The number of ether oxygens (including phenoxy) is 1. The minimum atomic E-state index is -0.331. The first kappa shape index (κ1) is 15.9. The number of hydrogen-bond acceptors (Lipinski definition) is 3. The Hall–Kier alpha value is -2.01. The van der Waals surface area contributed by atoms with Gasteiger partial charge in [-0.25, -0.2) is 4.39 Å². The highest BCUT2D eigenvalue weighted by molar-refractivity contribution is 7.99. The zero-order valence-electron chi connectivity index (χ0n) is 12.9. The lowest BCUT2D eigenvalue weighted by Crippen LogP contribution is -2.40. The number of rotatable bonds is 3. The van der Waals surface area contributed by atoms with E-state index in [0.29, 0.717) is 12.1 Å². The maximum Gasteiger partial charge on any atom is 0.254 e. The van der Waals surface area contributed by atoms with Crippen LogP contribution in [0.1, 0.15) is 22.0 Å². The molecule has 0 N–H and O–H groups in total. The van der Waals surface area contributed by atoms with Crippen molar-refractivity contribution in [1.29, 1.82) is 0 Å². The van der Waals surface area contributed by atoms with Gasteiger partial charge < -0.3 is 9.64 Å². The molecule has 0 aliphatic carbocycles. The van der Waals surface area contributed by atoms with Gasteiger partial charge in [-0.15, -0.1) is 0 Å². The zero-order valence-corrected chi connectivity index (χ0v) is 13.7. The number of amides is 1. The SMILES string of the molecule is COc1ccc([C@@H]2CSCCN2C(=O)c2ccc(F)cc2)cc1. The number of hydrogen-bond donors (Lipinski definition) is 0. The maximum absolute atomic E-state index is 13.1. The van der Waals surface area contributed by atoms with E-state index in [1.807, 2.05) is 40.9 Å². The summed E-state index contributed by atoms with van der Waals surface area (Å²) in [6.45, 7) is 0.692. The molecule has 1 aliphatic heterocycles. The van der Waals surface area contributed by atoms with Crippen LogP contribution in [0, 0.1) is 5.82 Å². The van der Waals surface area contributed by atoms with Gasteiger partial charge in [0.05, 0.1) is 13.2 Å². The van der Waals surface area contributed by atoms with Gasteiger partial charge in [-0.1, -0.05) is 12.1 Å². The van der Waals surface area contributed by atoms with Crippen LogP contribution in [0.3, 0.4) is 0 Å². The van der Waals surface area contributed by atoms with E-state index < -0.39 is 0 Å². The van der Waals surface area contributed by atoms with Crippen molar-refractivity contribution in [2.75, 3.05) is 25.2 Å². The third kappa shape index (κ3) is 3.50. The van der Waals surface area contributed by atoms with Crippen molar-refractivity contribution in [2.45, 2.75) is 6.04 Å². The summed E-state index contributed by atoms with van der Waals surface area (Å²) in [6, 6.07) is 13.6. The van der Waals surface area contributed by atoms with Gasteiger partial charge in [-0.3, -0.25) is 4.79 Å². The summed E-state index contributed by atoms with van der Waals surface area (Å²) in [5.74, 6) is 2.20. The second-order valence-electron chi connectivity index (χ2n) is 5.37. The molecule has 1 saturated heterocycles. The number of benzene rings is 2. The van der Waals surface area contributed by atoms with Crippen LogP contribution in [0.25, 0.3) is 0 Å². The predicted molar refractivity (Wildman–Crippen MR) is 90.5 cm³/mol. The van der Waals surface area contributed by atoms with E-state index in [1.165, 1.54) is 12.1 Å². The molecule has 3 rings (SSSR count). The minimum absolute atomic E-state index is 0.0252. The maximum atomic E-state index is 13.1. The lowest BCUT2D eigenvalue weighted by atomic mass is 10.0. The first-order valence-electron chi connectivity index (χ1n) is 7.47. The number of thioether (sulfide) groups is 1. The van der Waals surface area contributed by atoms with E-state index in [0.717, 1.165) is 22.8 Å². The van der Waals surface area contributed by atoms with Crippen molar-refractivity contribution < 1.29 is 13.9 Å². The van der Waals surface area contributed by atoms with Crippen molar-refractivity contribution in [3.05, 3.63) is 65.5 Å². The van der Waals surface area contributed by atoms with Crippen LogP contribution in [0.15, 0.2) is 48.5 Å². The van der Waals surface area contributed by atoms with Crippen LogP contribution in [-0.4, -0.2) is 36.0 Å². The fourth-order valence-corrected chi connectivity index (χ4v) is 3.80. The molecule has 5 heteroatoms. The van der Waals surface area contributed by atoms with Crippen LogP contribution in [0.4, 0.5) is 4.39 Å². The topological polar surface area (TPSA) is 29.5 Å². The molecule has 0 radical (unpaired) electrons. The summed E-state index contributed by atoms with van der Waals surface area (Å²) in [5, 5.41) is 0. The molecule has 2 aromatic rings. The van der Waals surface area contributed by atoms with Crippen molar-refractivity contribution in [2.24, 2.45) is 0 Å². The van der Waals surface area contributed by atoms with Crippen LogP contribution >= 0.6 is 11.8 Å². The Labute approximate surface area is 139 Å². The van der Waals surface area contributed by atoms with Gasteiger partial charge >= 0.3 is 0 Å². The van der Waals surface area contributed by atoms with Gasteiger partial charge in [0.1, 0.15) is 11.6 Å². The molecule has 1 amide bonds. The Morgan fingerprint density at radius 3 is 2.52 bits per heavy atom. The molecule has 0 bridgehead atoms. The van der Waals surface area contributed by atoms with E-state index >= 15 is 0 Å². The Bertz CT molecular complexity index is 672. The summed E-state index contributed by atoms with van der Waals surface area (Å²) in [4.78, 5) is 14.7. The van der Waals surface area contributed by atoms with E-state index in [-0.39, 0.29) is 17.8 Å². The van der Waals surface area contributed by atoms with Gasteiger partial charge in [0.25, 0.3) is 5.91 Å². The molecular formula is C18H18FNO2S. The van der Waals surface area contributed by atoms with Crippen LogP contribution in [0.2, 0.25) is 0 Å². The number of methoxy groups -OCH3 is 1. The van der Waals surface area contributed by atoms with Gasteiger partial charge in [-0.05, 0) is 42.0 Å². The van der Waals surface area contributed by atoms with E-state index in [4.69, 9.17) is 4.74 Å². The van der Waals surface area contributed by atoms with Crippen LogP contribution < -0.4 is 4.74 Å². The summed E-state index contributed by atoms with van der Waals surface area (Å²) < 4.78 is 18.3.